The molecule has 1 aliphatic rings. The molecular formula is C17H19NO2. The highest BCUT2D eigenvalue weighted by Crippen LogP contribution is 2.24. The van der Waals surface area contributed by atoms with Crippen LogP contribution in [0, 0.1) is 0 Å². The molecule has 3 rings (SSSR count). The van der Waals surface area contributed by atoms with Gasteiger partial charge in [0, 0.05) is 6.54 Å². The molecule has 0 fully saturated rings. The van der Waals surface area contributed by atoms with Gasteiger partial charge in [-0.2, -0.15) is 0 Å². The van der Waals surface area contributed by atoms with Gasteiger partial charge in [0.1, 0.15) is 12.4 Å². The maximum Gasteiger partial charge on any atom is 0.119 e. The molecule has 1 atom stereocenters. The van der Waals surface area contributed by atoms with Gasteiger partial charge in [-0.05, 0) is 23.3 Å². The van der Waals surface area contributed by atoms with Crippen LogP contribution in [0.1, 0.15) is 17.2 Å². The van der Waals surface area contributed by atoms with Crippen molar-refractivity contribution in [2.45, 2.75) is 12.6 Å². The first-order valence-corrected chi connectivity index (χ1v) is 7.00. The first-order valence-electron chi connectivity index (χ1n) is 7.00. The van der Waals surface area contributed by atoms with Gasteiger partial charge in [0.15, 0.2) is 0 Å². The lowest BCUT2D eigenvalue weighted by Crippen LogP contribution is -2.32. The van der Waals surface area contributed by atoms with E-state index in [2.05, 4.69) is 29.6 Å². The van der Waals surface area contributed by atoms with Gasteiger partial charge in [0.2, 0.25) is 0 Å². The standard InChI is InChI=1S/C17H19NO2/c1-2-7-15(8-3-1)20-11-10-18-17-13-19-12-14-6-4-5-9-16(14)17/h1-9,17-18H,10-13H2. The number of fused-ring (bicyclic) bond motifs is 1. The van der Waals surface area contributed by atoms with E-state index in [4.69, 9.17) is 9.47 Å². The van der Waals surface area contributed by atoms with E-state index in [9.17, 15) is 0 Å². The van der Waals surface area contributed by atoms with Crippen LogP contribution in [0.25, 0.3) is 0 Å². The van der Waals surface area contributed by atoms with Crippen molar-refractivity contribution in [2.24, 2.45) is 0 Å². The summed E-state index contributed by atoms with van der Waals surface area (Å²) in [6.45, 7) is 2.90. The molecule has 0 aliphatic carbocycles. The average Bonchev–Trinajstić information content (AvgIpc) is 2.53. The van der Waals surface area contributed by atoms with Gasteiger partial charge in [-0.15, -0.1) is 0 Å². The van der Waals surface area contributed by atoms with Crippen LogP contribution in [-0.2, 0) is 11.3 Å². The van der Waals surface area contributed by atoms with Crippen molar-refractivity contribution in [3.8, 4) is 5.75 Å². The van der Waals surface area contributed by atoms with E-state index in [1.165, 1.54) is 11.1 Å². The first kappa shape index (κ1) is 13.2. The minimum Gasteiger partial charge on any atom is -0.492 e. The Balaban J connectivity index is 1.50. The zero-order valence-corrected chi connectivity index (χ0v) is 11.4. The molecule has 20 heavy (non-hydrogen) atoms. The van der Waals surface area contributed by atoms with Crippen LogP contribution in [0.3, 0.4) is 0 Å². The van der Waals surface area contributed by atoms with Crippen molar-refractivity contribution < 1.29 is 9.47 Å². The summed E-state index contributed by atoms with van der Waals surface area (Å²) in [4.78, 5) is 0. The van der Waals surface area contributed by atoms with Crippen molar-refractivity contribution in [3.05, 3.63) is 65.7 Å². The van der Waals surface area contributed by atoms with E-state index in [0.717, 1.165) is 25.5 Å². The Bertz CT molecular complexity index is 542. The van der Waals surface area contributed by atoms with Crippen LogP contribution in [-0.4, -0.2) is 19.8 Å². The van der Waals surface area contributed by atoms with Crippen molar-refractivity contribution in [2.75, 3.05) is 19.8 Å². The van der Waals surface area contributed by atoms with E-state index in [-0.39, 0.29) is 6.04 Å². The number of nitrogens with one attached hydrogen (secondary N) is 1. The zero-order valence-electron chi connectivity index (χ0n) is 11.4. The van der Waals surface area contributed by atoms with Gasteiger partial charge in [0.05, 0.1) is 19.3 Å². The molecule has 0 saturated heterocycles. The van der Waals surface area contributed by atoms with E-state index in [1.807, 2.05) is 30.3 Å². The molecule has 0 bridgehead atoms. The number of hydrogen-bond donors (Lipinski definition) is 1. The maximum atomic E-state index is 5.68. The Labute approximate surface area is 119 Å². The molecule has 1 N–H and O–H groups in total. The number of hydrogen-bond acceptors (Lipinski definition) is 3. The van der Waals surface area contributed by atoms with Crippen molar-refractivity contribution in [3.63, 3.8) is 0 Å². The fourth-order valence-corrected chi connectivity index (χ4v) is 2.47. The largest absolute Gasteiger partial charge is 0.492 e. The Kier molecular flexibility index (Phi) is 4.31. The highest BCUT2D eigenvalue weighted by molar-refractivity contribution is 5.31. The maximum absolute atomic E-state index is 5.68. The summed E-state index contributed by atoms with van der Waals surface area (Å²) in [7, 11) is 0. The van der Waals surface area contributed by atoms with Crippen molar-refractivity contribution >= 4 is 0 Å². The third kappa shape index (κ3) is 3.18. The molecule has 3 nitrogen and oxygen atoms in total. The molecule has 1 unspecified atom stereocenters. The molecule has 0 amide bonds. The zero-order chi connectivity index (χ0) is 13.6. The SMILES string of the molecule is c1ccc(OCCNC2COCc3ccccc32)cc1. The highest BCUT2D eigenvalue weighted by atomic mass is 16.5. The van der Waals surface area contributed by atoms with Gasteiger partial charge in [-0.3, -0.25) is 0 Å². The molecule has 0 radical (unpaired) electrons. The fraction of sp³-hybridized carbons (Fsp3) is 0.294. The van der Waals surface area contributed by atoms with E-state index in [1.54, 1.807) is 0 Å². The summed E-state index contributed by atoms with van der Waals surface area (Å²) in [6, 6.07) is 18.6. The third-order valence-electron chi connectivity index (χ3n) is 3.48. The molecule has 3 heteroatoms. The Hall–Kier alpha value is -1.84. The minimum absolute atomic E-state index is 0.263. The Morgan fingerprint density at radius 2 is 1.85 bits per heavy atom. The molecule has 1 aliphatic heterocycles. The number of ether oxygens (including phenoxy) is 2. The summed E-state index contributed by atoms with van der Waals surface area (Å²) >= 11 is 0. The first-order chi connectivity index (χ1) is 9.93. The summed E-state index contributed by atoms with van der Waals surface area (Å²) in [5, 5.41) is 3.50. The van der Waals surface area contributed by atoms with Crippen LogP contribution in [0.5, 0.6) is 5.75 Å². The molecule has 104 valence electrons. The van der Waals surface area contributed by atoms with Gasteiger partial charge in [0.25, 0.3) is 0 Å². The molecule has 0 saturated carbocycles. The lowest BCUT2D eigenvalue weighted by atomic mass is 9.99. The minimum atomic E-state index is 0.263. The second-order valence-corrected chi connectivity index (χ2v) is 4.88. The summed E-state index contributed by atoms with van der Waals surface area (Å²) < 4.78 is 11.3. The lowest BCUT2D eigenvalue weighted by Gasteiger charge is -2.26. The molecule has 0 aromatic heterocycles. The van der Waals surface area contributed by atoms with E-state index in [0.29, 0.717) is 6.61 Å². The van der Waals surface area contributed by atoms with Crippen LogP contribution >= 0.6 is 0 Å². The molecule has 1 heterocycles. The van der Waals surface area contributed by atoms with Gasteiger partial charge in [-0.1, -0.05) is 42.5 Å². The van der Waals surface area contributed by atoms with Gasteiger partial charge < -0.3 is 14.8 Å². The van der Waals surface area contributed by atoms with Crippen molar-refractivity contribution in [1.29, 1.82) is 0 Å². The second-order valence-electron chi connectivity index (χ2n) is 4.88. The monoisotopic (exact) mass is 269 g/mol. The van der Waals surface area contributed by atoms with Crippen LogP contribution in [0.2, 0.25) is 0 Å². The molecular weight excluding hydrogens is 250 g/mol. The van der Waals surface area contributed by atoms with E-state index >= 15 is 0 Å². The average molecular weight is 269 g/mol. The smallest absolute Gasteiger partial charge is 0.119 e. The number of benzene rings is 2. The van der Waals surface area contributed by atoms with Gasteiger partial charge in [-0.25, -0.2) is 0 Å². The predicted molar refractivity (Wildman–Crippen MR) is 78.8 cm³/mol. The fourth-order valence-electron chi connectivity index (χ4n) is 2.47. The predicted octanol–water partition coefficient (Wildman–Crippen LogP) is 2.93. The van der Waals surface area contributed by atoms with Crippen molar-refractivity contribution in [1.82, 2.24) is 5.32 Å². The van der Waals surface area contributed by atoms with E-state index < -0.39 is 0 Å². The highest BCUT2D eigenvalue weighted by Gasteiger charge is 2.19. The molecule has 0 spiro atoms. The summed E-state index contributed by atoms with van der Waals surface area (Å²) in [6.07, 6.45) is 0. The topological polar surface area (TPSA) is 30.5 Å². The Morgan fingerprint density at radius 1 is 1.05 bits per heavy atom. The number of para-hydroxylation sites is 1. The quantitative estimate of drug-likeness (QED) is 0.847. The lowest BCUT2D eigenvalue weighted by molar-refractivity contribution is 0.0810. The molecule has 2 aromatic carbocycles. The van der Waals surface area contributed by atoms with Crippen LogP contribution in [0.15, 0.2) is 54.6 Å². The van der Waals surface area contributed by atoms with Crippen LogP contribution in [0.4, 0.5) is 0 Å². The van der Waals surface area contributed by atoms with Crippen LogP contribution < -0.4 is 10.1 Å². The number of rotatable bonds is 5. The summed E-state index contributed by atoms with van der Waals surface area (Å²) in [5.41, 5.74) is 2.62. The second kappa shape index (κ2) is 6.55. The van der Waals surface area contributed by atoms with Gasteiger partial charge >= 0.3 is 0 Å². The Morgan fingerprint density at radius 3 is 2.75 bits per heavy atom. The molecule has 2 aromatic rings. The summed E-state index contributed by atoms with van der Waals surface area (Å²) in [5.74, 6) is 0.912. The normalized spacial score (nSPS) is 17.5. The third-order valence-corrected chi connectivity index (χ3v) is 3.48.